The average molecular weight is 280 g/mol. The van der Waals surface area contributed by atoms with Gasteiger partial charge in [0.2, 0.25) is 0 Å². The Morgan fingerprint density at radius 3 is 3.27 bits per heavy atom. The lowest BCUT2D eigenvalue weighted by Gasteiger charge is -2.22. The molecule has 0 radical (unpaired) electrons. The Morgan fingerprint density at radius 2 is 2.45 bits per heavy atom. The number of rotatable bonds is 0. The van der Waals surface area contributed by atoms with E-state index < -0.39 is 0 Å². The van der Waals surface area contributed by atoms with Crippen molar-refractivity contribution >= 4 is 33.9 Å². The second-order valence-electron chi connectivity index (χ2n) is 2.81. The van der Waals surface area contributed by atoms with E-state index in [4.69, 9.17) is 0 Å². The Kier molecular flexibility index (Phi) is 2.21. The molecule has 3 heteroatoms. The van der Waals surface area contributed by atoms with Crippen molar-refractivity contribution in [3.63, 3.8) is 0 Å². The van der Waals surface area contributed by atoms with Crippen LogP contribution in [0.4, 0.5) is 0 Å². The van der Waals surface area contributed by atoms with Gasteiger partial charge in [0.15, 0.2) is 0 Å². The van der Waals surface area contributed by atoms with Crippen LogP contribution in [0.2, 0.25) is 0 Å². The first-order valence-corrected chi connectivity index (χ1v) is 5.80. The van der Waals surface area contributed by atoms with Crippen LogP contribution >= 0.6 is 33.9 Å². The molecule has 0 aliphatic heterocycles. The molecule has 0 bridgehead atoms. The standard InChI is InChI=1S/C8H9IOS/c9-8-5-3-4-11-7(5)2-1-6(8)10/h3-4,6,8,10H,1-2H2/t6-,8+/m1/s1. The van der Waals surface area contributed by atoms with Gasteiger partial charge in [-0.15, -0.1) is 11.3 Å². The molecule has 2 atom stereocenters. The Morgan fingerprint density at radius 1 is 1.64 bits per heavy atom. The molecule has 0 unspecified atom stereocenters. The number of hydrogen-bond acceptors (Lipinski definition) is 2. The van der Waals surface area contributed by atoms with E-state index in [0.29, 0.717) is 3.92 Å². The van der Waals surface area contributed by atoms with Crippen LogP contribution < -0.4 is 0 Å². The number of aryl methyl sites for hydroxylation is 1. The number of halogens is 1. The second-order valence-corrected chi connectivity index (χ2v) is 5.15. The highest BCUT2D eigenvalue weighted by molar-refractivity contribution is 14.1. The zero-order valence-corrected chi connectivity index (χ0v) is 8.93. The summed E-state index contributed by atoms with van der Waals surface area (Å²) in [5.41, 5.74) is 1.36. The number of hydrogen-bond donors (Lipinski definition) is 1. The van der Waals surface area contributed by atoms with Gasteiger partial charge in [-0.05, 0) is 29.9 Å². The van der Waals surface area contributed by atoms with E-state index in [2.05, 4.69) is 34.0 Å². The average Bonchev–Trinajstić information content (AvgIpc) is 2.45. The monoisotopic (exact) mass is 280 g/mol. The zero-order valence-electron chi connectivity index (χ0n) is 5.96. The molecule has 0 amide bonds. The molecule has 60 valence electrons. The van der Waals surface area contributed by atoms with Gasteiger partial charge in [-0.1, -0.05) is 22.6 Å². The predicted octanol–water partition coefficient (Wildman–Crippen LogP) is 2.53. The van der Waals surface area contributed by atoms with Gasteiger partial charge in [-0.25, -0.2) is 0 Å². The maximum Gasteiger partial charge on any atom is 0.0702 e. The Balaban J connectivity index is 2.38. The van der Waals surface area contributed by atoms with Gasteiger partial charge in [-0.2, -0.15) is 0 Å². The molecule has 0 aromatic carbocycles. The molecule has 1 aromatic heterocycles. The van der Waals surface area contributed by atoms with Crippen LogP contribution in [0.3, 0.4) is 0 Å². The summed E-state index contributed by atoms with van der Waals surface area (Å²) < 4.78 is 0.322. The van der Waals surface area contributed by atoms with Crippen LogP contribution in [-0.4, -0.2) is 11.2 Å². The molecule has 1 aliphatic carbocycles. The van der Waals surface area contributed by atoms with E-state index in [9.17, 15) is 5.11 Å². The van der Waals surface area contributed by atoms with Gasteiger partial charge in [0.1, 0.15) is 0 Å². The first kappa shape index (κ1) is 8.01. The quantitative estimate of drug-likeness (QED) is 0.572. The summed E-state index contributed by atoms with van der Waals surface area (Å²) >= 11 is 4.14. The van der Waals surface area contributed by atoms with Gasteiger partial charge in [-0.3, -0.25) is 0 Å². The normalized spacial score (nSPS) is 30.0. The molecular weight excluding hydrogens is 271 g/mol. The van der Waals surface area contributed by atoms with E-state index in [1.54, 1.807) is 0 Å². The maximum atomic E-state index is 9.54. The molecule has 11 heavy (non-hydrogen) atoms. The Labute approximate surface area is 83.6 Å². The highest BCUT2D eigenvalue weighted by Gasteiger charge is 2.26. The van der Waals surface area contributed by atoms with Crippen LogP contribution in [-0.2, 0) is 6.42 Å². The minimum absolute atomic E-state index is 0.127. The third kappa shape index (κ3) is 1.34. The summed E-state index contributed by atoms with van der Waals surface area (Å²) in [6, 6.07) is 2.14. The Hall–Kier alpha value is 0.390. The summed E-state index contributed by atoms with van der Waals surface area (Å²) in [4.78, 5) is 1.47. The SMILES string of the molecule is O[C@@H]1CCc2sccc2[C@@H]1I. The molecule has 1 nitrogen and oxygen atoms in total. The van der Waals surface area contributed by atoms with Crippen LogP contribution in [0.1, 0.15) is 20.8 Å². The fourth-order valence-corrected chi connectivity index (χ4v) is 3.53. The number of thiophene rings is 1. The number of fused-ring (bicyclic) bond motifs is 1. The van der Waals surface area contributed by atoms with Crippen molar-refractivity contribution in [2.45, 2.75) is 22.9 Å². The summed E-state index contributed by atoms with van der Waals surface area (Å²) in [7, 11) is 0. The molecular formula is C8H9IOS. The van der Waals surface area contributed by atoms with Crippen LogP contribution in [0.15, 0.2) is 11.4 Å². The summed E-state index contributed by atoms with van der Waals surface area (Å²) in [5, 5.41) is 11.7. The minimum atomic E-state index is -0.127. The predicted molar refractivity (Wildman–Crippen MR) is 55.4 cm³/mol. The first-order chi connectivity index (χ1) is 5.29. The van der Waals surface area contributed by atoms with Crippen LogP contribution in [0, 0.1) is 0 Å². The fraction of sp³-hybridized carbons (Fsp3) is 0.500. The van der Waals surface area contributed by atoms with Crippen molar-refractivity contribution in [1.82, 2.24) is 0 Å². The maximum absolute atomic E-state index is 9.54. The molecule has 0 saturated carbocycles. The summed E-state index contributed by atoms with van der Waals surface area (Å²) in [6.45, 7) is 0. The van der Waals surface area contributed by atoms with Crippen molar-refractivity contribution in [2.24, 2.45) is 0 Å². The largest absolute Gasteiger partial charge is 0.392 e. The van der Waals surface area contributed by atoms with Crippen molar-refractivity contribution < 1.29 is 5.11 Å². The van der Waals surface area contributed by atoms with E-state index in [1.807, 2.05) is 11.3 Å². The molecule has 1 heterocycles. The van der Waals surface area contributed by atoms with Crippen molar-refractivity contribution in [1.29, 1.82) is 0 Å². The molecule has 1 aliphatic rings. The lowest BCUT2D eigenvalue weighted by molar-refractivity contribution is 0.161. The van der Waals surface area contributed by atoms with Gasteiger partial charge >= 0.3 is 0 Å². The molecule has 0 spiro atoms. The van der Waals surface area contributed by atoms with Gasteiger partial charge in [0.25, 0.3) is 0 Å². The smallest absolute Gasteiger partial charge is 0.0702 e. The number of alkyl halides is 1. The van der Waals surface area contributed by atoms with Crippen molar-refractivity contribution in [2.75, 3.05) is 0 Å². The third-order valence-corrected chi connectivity index (χ3v) is 4.58. The molecule has 1 N–H and O–H groups in total. The number of aliphatic hydroxyl groups excluding tert-OH is 1. The lowest BCUT2D eigenvalue weighted by Crippen LogP contribution is -2.19. The second kappa shape index (κ2) is 3.03. The zero-order chi connectivity index (χ0) is 7.84. The van der Waals surface area contributed by atoms with Crippen molar-refractivity contribution in [3.05, 3.63) is 21.9 Å². The summed E-state index contributed by atoms with van der Waals surface area (Å²) in [5.74, 6) is 0. The van der Waals surface area contributed by atoms with E-state index in [-0.39, 0.29) is 6.10 Å². The van der Waals surface area contributed by atoms with Gasteiger partial charge in [0.05, 0.1) is 10.0 Å². The van der Waals surface area contributed by atoms with Crippen LogP contribution in [0.5, 0.6) is 0 Å². The minimum Gasteiger partial charge on any atom is -0.392 e. The topological polar surface area (TPSA) is 20.2 Å². The third-order valence-electron chi connectivity index (χ3n) is 2.08. The lowest BCUT2D eigenvalue weighted by atomic mass is 9.97. The van der Waals surface area contributed by atoms with Gasteiger partial charge in [0, 0.05) is 4.88 Å². The van der Waals surface area contributed by atoms with Crippen molar-refractivity contribution in [3.8, 4) is 0 Å². The highest BCUT2D eigenvalue weighted by Crippen LogP contribution is 2.38. The first-order valence-electron chi connectivity index (χ1n) is 3.67. The Bertz CT molecular complexity index is 258. The molecule has 0 fully saturated rings. The number of aliphatic hydroxyl groups is 1. The molecule has 2 rings (SSSR count). The highest BCUT2D eigenvalue weighted by atomic mass is 127. The van der Waals surface area contributed by atoms with E-state index in [1.165, 1.54) is 10.4 Å². The van der Waals surface area contributed by atoms with Crippen LogP contribution in [0.25, 0.3) is 0 Å². The molecule has 1 aromatic rings. The van der Waals surface area contributed by atoms with E-state index in [0.717, 1.165) is 12.8 Å². The summed E-state index contributed by atoms with van der Waals surface area (Å²) in [6.07, 6.45) is 1.87. The fourth-order valence-electron chi connectivity index (χ4n) is 1.43. The van der Waals surface area contributed by atoms with E-state index >= 15 is 0 Å². The van der Waals surface area contributed by atoms with Gasteiger partial charge < -0.3 is 5.11 Å². The molecule has 0 saturated heterocycles.